The van der Waals surface area contributed by atoms with Gasteiger partial charge < -0.3 is 10.6 Å². The van der Waals surface area contributed by atoms with Crippen LogP contribution in [-0.4, -0.2) is 25.8 Å². The number of urea groups is 1. The Balaban J connectivity index is 1.37. The van der Waals surface area contributed by atoms with Crippen molar-refractivity contribution in [1.82, 2.24) is 19.8 Å². The predicted molar refractivity (Wildman–Crippen MR) is 124 cm³/mol. The Kier molecular flexibility index (Phi) is 5.65. The molecular weight excluding hydrogens is 484 g/mol. The van der Waals surface area contributed by atoms with E-state index in [9.17, 15) is 22.4 Å². The maximum absolute atomic E-state index is 13.5. The number of nitrogens with zero attached hydrogens (tertiary/aromatic N) is 4. The highest BCUT2D eigenvalue weighted by Gasteiger charge is 2.34. The highest BCUT2D eigenvalue weighted by atomic mass is 32.1. The van der Waals surface area contributed by atoms with Crippen LogP contribution in [-0.2, 0) is 6.18 Å². The molecule has 0 radical (unpaired) electrons. The molecule has 0 fully saturated rings. The second kappa shape index (κ2) is 8.80. The van der Waals surface area contributed by atoms with E-state index in [1.54, 1.807) is 40.9 Å². The summed E-state index contributed by atoms with van der Waals surface area (Å²) in [5.41, 5.74) is 0.553. The molecule has 2 aromatic carbocycles. The van der Waals surface area contributed by atoms with Gasteiger partial charge in [-0.1, -0.05) is 18.2 Å². The highest BCUT2D eigenvalue weighted by molar-refractivity contribution is 7.13. The number of aromatic nitrogens is 4. The summed E-state index contributed by atoms with van der Waals surface area (Å²) in [6.45, 7) is 0. The van der Waals surface area contributed by atoms with Crippen LogP contribution >= 0.6 is 11.3 Å². The van der Waals surface area contributed by atoms with Crippen LogP contribution in [0.5, 0.6) is 0 Å². The van der Waals surface area contributed by atoms with Crippen molar-refractivity contribution in [3.05, 3.63) is 83.5 Å². The summed E-state index contributed by atoms with van der Waals surface area (Å²) in [6, 6.07) is 15.6. The smallest absolute Gasteiger partial charge is 0.308 e. The minimum atomic E-state index is -4.88. The summed E-state index contributed by atoms with van der Waals surface area (Å²) < 4.78 is 53.9. The first kappa shape index (κ1) is 22.5. The molecule has 176 valence electrons. The summed E-state index contributed by atoms with van der Waals surface area (Å²) in [4.78, 5) is 13.3. The summed E-state index contributed by atoms with van der Waals surface area (Å²) in [5, 5.41) is 19.7. The van der Waals surface area contributed by atoms with Crippen LogP contribution in [0.1, 0.15) is 5.56 Å². The highest BCUT2D eigenvalue weighted by Crippen LogP contribution is 2.33. The number of carbonyl (C=O) groups excluding carboxylic acids is 1. The molecule has 0 aliphatic heterocycles. The average Bonchev–Trinajstić information content (AvgIpc) is 3.49. The van der Waals surface area contributed by atoms with Crippen molar-refractivity contribution >= 4 is 34.4 Å². The topological polar surface area (TPSA) is 84.2 Å². The van der Waals surface area contributed by atoms with Crippen molar-refractivity contribution < 1.29 is 22.4 Å². The van der Waals surface area contributed by atoms with E-state index in [1.807, 2.05) is 17.5 Å². The number of halogens is 4. The number of fused-ring (bicyclic) bond motifs is 1. The minimum absolute atomic E-state index is 0.201. The monoisotopic (exact) mass is 498 g/mol. The number of benzene rings is 2. The molecule has 0 saturated carbocycles. The molecule has 2 amide bonds. The fourth-order valence-corrected chi connectivity index (χ4v) is 4.07. The summed E-state index contributed by atoms with van der Waals surface area (Å²) in [6.07, 6.45) is -4.88. The Morgan fingerprint density at radius 3 is 2.46 bits per heavy atom. The molecule has 5 aromatic rings. The predicted octanol–water partition coefficient (Wildman–Crippen LogP) is 6.32. The maximum Gasteiger partial charge on any atom is 0.419 e. The van der Waals surface area contributed by atoms with Gasteiger partial charge in [-0.15, -0.1) is 21.5 Å². The van der Waals surface area contributed by atoms with Gasteiger partial charge in [0.15, 0.2) is 11.5 Å². The van der Waals surface area contributed by atoms with E-state index in [0.29, 0.717) is 40.5 Å². The zero-order valence-electron chi connectivity index (χ0n) is 17.5. The molecule has 0 spiro atoms. The van der Waals surface area contributed by atoms with Gasteiger partial charge in [0.1, 0.15) is 5.82 Å². The number of thiophene rings is 1. The van der Waals surface area contributed by atoms with Crippen LogP contribution in [0.25, 0.3) is 27.6 Å². The van der Waals surface area contributed by atoms with E-state index in [0.717, 1.165) is 10.9 Å². The van der Waals surface area contributed by atoms with E-state index >= 15 is 0 Å². The lowest BCUT2D eigenvalue weighted by molar-refractivity contribution is -0.139. The number of carbonyl (C=O) groups is 1. The Morgan fingerprint density at radius 2 is 1.71 bits per heavy atom. The lowest BCUT2D eigenvalue weighted by Crippen LogP contribution is -2.20. The fourth-order valence-electron chi connectivity index (χ4n) is 3.37. The molecule has 3 heterocycles. The molecule has 35 heavy (non-hydrogen) atoms. The van der Waals surface area contributed by atoms with Gasteiger partial charge in [0.25, 0.3) is 0 Å². The quantitative estimate of drug-likeness (QED) is 0.284. The summed E-state index contributed by atoms with van der Waals surface area (Å²) >= 11 is 1.51. The van der Waals surface area contributed by atoms with E-state index in [-0.39, 0.29) is 5.69 Å². The molecule has 0 saturated heterocycles. The maximum atomic E-state index is 13.5. The van der Waals surface area contributed by atoms with Crippen LogP contribution in [0.2, 0.25) is 0 Å². The summed E-state index contributed by atoms with van der Waals surface area (Å²) in [5.74, 6) is -0.820. The third-order valence-electron chi connectivity index (χ3n) is 4.95. The molecule has 2 N–H and O–H groups in total. The first-order valence-electron chi connectivity index (χ1n) is 10.1. The fraction of sp³-hybridized carbons (Fsp3) is 0.0435. The van der Waals surface area contributed by atoms with E-state index < -0.39 is 23.6 Å². The van der Waals surface area contributed by atoms with Crippen LogP contribution in [0.3, 0.4) is 0 Å². The van der Waals surface area contributed by atoms with E-state index in [1.165, 1.54) is 11.3 Å². The van der Waals surface area contributed by atoms with Gasteiger partial charge in [-0.05, 0) is 53.9 Å². The third-order valence-corrected chi connectivity index (χ3v) is 5.82. The zero-order valence-corrected chi connectivity index (χ0v) is 18.4. The van der Waals surface area contributed by atoms with Crippen molar-refractivity contribution in [2.45, 2.75) is 6.18 Å². The molecule has 0 aliphatic carbocycles. The van der Waals surface area contributed by atoms with Crippen LogP contribution in [0, 0.1) is 5.82 Å². The van der Waals surface area contributed by atoms with Crippen molar-refractivity contribution in [2.24, 2.45) is 0 Å². The molecule has 12 heteroatoms. The Labute approximate surface area is 199 Å². The lowest BCUT2D eigenvalue weighted by Gasteiger charge is -2.12. The van der Waals surface area contributed by atoms with Gasteiger partial charge in [-0.3, -0.25) is 0 Å². The first-order valence-corrected chi connectivity index (χ1v) is 11.0. The Hall–Kier alpha value is -4.32. The Morgan fingerprint density at radius 1 is 0.914 bits per heavy atom. The number of amides is 2. The van der Waals surface area contributed by atoms with Crippen molar-refractivity contribution in [3.8, 4) is 22.0 Å². The van der Waals surface area contributed by atoms with Crippen LogP contribution in [0.4, 0.5) is 33.7 Å². The minimum Gasteiger partial charge on any atom is -0.308 e. The zero-order chi connectivity index (χ0) is 24.6. The van der Waals surface area contributed by atoms with Gasteiger partial charge >= 0.3 is 12.2 Å². The van der Waals surface area contributed by atoms with Gasteiger partial charge in [-0.2, -0.15) is 22.8 Å². The standard InChI is InChI=1S/C23H14F4N6OS/c24-17-7-6-15(12-16(17)23(25,26)27)29-22(34)28-14-4-1-3-13(11-14)18-8-9-20-30-31-21(33(20)32-18)19-5-2-10-35-19/h1-12H,(H2,28,29,34). The third kappa shape index (κ3) is 4.68. The molecule has 3 aromatic heterocycles. The number of nitrogens with one attached hydrogen (secondary N) is 2. The number of rotatable bonds is 4. The number of hydrogen-bond acceptors (Lipinski definition) is 5. The first-order chi connectivity index (χ1) is 16.8. The van der Waals surface area contributed by atoms with Crippen molar-refractivity contribution in [1.29, 1.82) is 0 Å². The average molecular weight is 498 g/mol. The number of alkyl halides is 3. The van der Waals surface area contributed by atoms with Crippen LogP contribution < -0.4 is 10.6 Å². The van der Waals surface area contributed by atoms with Crippen molar-refractivity contribution in [3.63, 3.8) is 0 Å². The van der Waals surface area contributed by atoms with Gasteiger partial charge in [-0.25, -0.2) is 9.18 Å². The second-order valence-corrected chi connectivity index (χ2v) is 8.29. The summed E-state index contributed by atoms with van der Waals surface area (Å²) in [7, 11) is 0. The number of anilines is 2. The van der Waals surface area contributed by atoms with Gasteiger partial charge in [0.05, 0.1) is 16.1 Å². The molecule has 7 nitrogen and oxygen atoms in total. The second-order valence-electron chi connectivity index (χ2n) is 7.34. The van der Waals surface area contributed by atoms with E-state index in [4.69, 9.17) is 0 Å². The lowest BCUT2D eigenvalue weighted by atomic mass is 10.1. The molecular formula is C23H14F4N6OS. The van der Waals surface area contributed by atoms with Gasteiger partial charge in [0, 0.05) is 16.9 Å². The Bertz CT molecular complexity index is 1530. The molecule has 5 rings (SSSR count). The molecule has 0 aliphatic rings. The van der Waals surface area contributed by atoms with Crippen molar-refractivity contribution in [2.75, 3.05) is 10.6 Å². The molecule has 0 atom stereocenters. The van der Waals surface area contributed by atoms with E-state index in [2.05, 4.69) is 25.9 Å². The largest absolute Gasteiger partial charge is 0.419 e. The van der Waals surface area contributed by atoms with Gasteiger partial charge in [0.2, 0.25) is 0 Å². The van der Waals surface area contributed by atoms with Crippen LogP contribution in [0.15, 0.2) is 72.1 Å². The SMILES string of the molecule is O=C(Nc1cccc(-c2ccc3nnc(-c4cccs4)n3n2)c1)Nc1ccc(F)c(C(F)(F)F)c1. The number of hydrogen-bond donors (Lipinski definition) is 2. The molecule has 0 bridgehead atoms. The molecule has 0 unspecified atom stereocenters. The normalized spacial score (nSPS) is 11.5.